The number of rotatable bonds is 8. The molecule has 0 radical (unpaired) electrons. The second kappa shape index (κ2) is 9.42. The van der Waals surface area contributed by atoms with Crippen molar-refractivity contribution >= 4 is 21.9 Å². The molecule has 28 heavy (non-hydrogen) atoms. The van der Waals surface area contributed by atoms with E-state index in [2.05, 4.69) is 22.0 Å². The van der Waals surface area contributed by atoms with Gasteiger partial charge in [0.1, 0.15) is 23.7 Å². The van der Waals surface area contributed by atoms with Gasteiger partial charge < -0.3 is 14.6 Å². The third-order valence-corrected chi connectivity index (χ3v) is 4.93. The first-order chi connectivity index (χ1) is 13.6. The average Bonchev–Trinajstić information content (AvgIpc) is 2.72. The molecule has 0 atom stereocenters. The topological polar surface area (TPSA) is 55.8 Å². The number of aromatic carboxylic acids is 1. The van der Waals surface area contributed by atoms with Crippen LogP contribution in [0.1, 0.15) is 27.0 Å². The fraction of sp³-hybridized carbons (Fsp3) is 0.174. The van der Waals surface area contributed by atoms with Crippen molar-refractivity contribution in [3.8, 4) is 11.5 Å². The maximum Gasteiger partial charge on any atom is 0.339 e. The molecule has 0 spiro atoms. The van der Waals surface area contributed by atoms with Gasteiger partial charge in [0.05, 0.1) is 7.11 Å². The molecule has 0 aliphatic carbocycles. The molecular weight excluding hydrogens is 420 g/mol. The Kier molecular flexibility index (Phi) is 6.71. The van der Waals surface area contributed by atoms with E-state index in [-0.39, 0.29) is 5.56 Å². The Hall–Kier alpha value is -2.79. The Bertz CT molecular complexity index is 954. The summed E-state index contributed by atoms with van der Waals surface area (Å²) >= 11 is 3.53. The number of hydrogen-bond donors (Lipinski definition) is 1. The van der Waals surface area contributed by atoms with Crippen LogP contribution >= 0.6 is 15.9 Å². The number of methoxy groups -OCH3 is 1. The van der Waals surface area contributed by atoms with Gasteiger partial charge in [0.2, 0.25) is 0 Å². The monoisotopic (exact) mass is 440 g/mol. The number of carboxylic acid groups (broad SMARTS) is 1. The molecule has 0 fully saturated rings. The van der Waals surface area contributed by atoms with Crippen molar-refractivity contribution in [1.82, 2.24) is 0 Å². The minimum absolute atomic E-state index is 0.167. The van der Waals surface area contributed by atoms with Crippen LogP contribution in [0.5, 0.6) is 11.5 Å². The normalized spacial score (nSPS) is 10.5. The summed E-state index contributed by atoms with van der Waals surface area (Å²) in [4.78, 5) is 11.2. The molecule has 0 saturated heterocycles. The summed E-state index contributed by atoms with van der Waals surface area (Å²) in [5.41, 5.74) is 3.38. The molecule has 5 heteroatoms. The van der Waals surface area contributed by atoms with E-state index in [0.717, 1.165) is 39.8 Å². The fourth-order valence-electron chi connectivity index (χ4n) is 2.97. The highest BCUT2D eigenvalue weighted by Crippen LogP contribution is 2.27. The highest BCUT2D eigenvalue weighted by molar-refractivity contribution is 9.10. The molecule has 0 bridgehead atoms. The summed E-state index contributed by atoms with van der Waals surface area (Å²) in [6.45, 7) is 0.511. The second-order valence-electron chi connectivity index (χ2n) is 6.37. The van der Waals surface area contributed by atoms with Crippen LogP contribution in [0.4, 0.5) is 0 Å². The lowest BCUT2D eigenvalue weighted by Gasteiger charge is -2.13. The Morgan fingerprint density at radius 2 is 1.71 bits per heavy atom. The SMILES string of the molecule is COc1cc(CCc2cc(Br)ccc2OCc2ccccc2)ccc1C(=O)O. The van der Waals surface area contributed by atoms with E-state index in [0.29, 0.717) is 12.4 Å². The quantitative estimate of drug-likeness (QED) is 0.500. The summed E-state index contributed by atoms with van der Waals surface area (Å²) in [7, 11) is 1.48. The largest absolute Gasteiger partial charge is 0.496 e. The van der Waals surface area contributed by atoms with Crippen molar-refractivity contribution in [2.75, 3.05) is 7.11 Å². The van der Waals surface area contributed by atoms with Crippen LogP contribution in [0.2, 0.25) is 0 Å². The third-order valence-electron chi connectivity index (χ3n) is 4.44. The zero-order valence-electron chi connectivity index (χ0n) is 15.5. The van der Waals surface area contributed by atoms with Gasteiger partial charge in [-0.1, -0.05) is 52.3 Å². The summed E-state index contributed by atoms with van der Waals surface area (Å²) < 4.78 is 12.2. The lowest BCUT2D eigenvalue weighted by molar-refractivity contribution is 0.0693. The van der Waals surface area contributed by atoms with Crippen LogP contribution in [0.25, 0.3) is 0 Å². The number of ether oxygens (including phenoxy) is 2. The smallest absolute Gasteiger partial charge is 0.339 e. The van der Waals surface area contributed by atoms with Gasteiger partial charge in [0, 0.05) is 4.47 Å². The van der Waals surface area contributed by atoms with Crippen molar-refractivity contribution in [1.29, 1.82) is 0 Å². The van der Waals surface area contributed by atoms with Crippen molar-refractivity contribution < 1.29 is 19.4 Å². The molecule has 0 aliphatic heterocycles. The molecule has 0 aromatic heterocycles. The second-order valence-corrected chi connectivity index (χ2v) is 7.28. The molecule has 1 N–H and O–H groups in total. The standard InChI is InChI=1S/C23H21BrO4/c1-27-22-13-16(8-11-20(22)23(25)26)7-9-18-14-19(24)10-12-21(18)28-15-17-5-3-2-4-6-17/h2-6,8,10-14H,7,9,15H2,1H3,(H,25,26). The van der Waals surface area contributed by atoms with E-state index in [1.54, 1.807) is 12.1 Å². The number of aryl methyl sites for hydroxylation is 2. The predicted molar refractivity (Wildman–Crippen MR) is 112 cm³/mol. The maximum absolute atomic E-state index is 11.2. The van der Waals surface area contributed by atoms with E-state index in [4.69, 9.17) is 9.47 Å². The van der Waals surface area contributed by atoms with Crippen LogP contribution in [0.3, 0.4) is 0 Å². The Morgan fingerprint density at radius 1 is 0.929 bits per heavy atom. The van der Waals surface area contributed by atoms with Gasteiger partial charge in [-0.2, -0.15) is 0 Å². The van der Waals surface area contributed by atoms with Crippen molar-refractivity contribution in [2.24, 2.45) is 0 Å². The van der Waals surface area contributed by atoms with Crippen LogP contribution < -0.4 is 9.47 Å². The molecule has 3 rings (SSSR count). The first-order valence-electron chi connectivity index (χ1n) is 8.92. The van der Waals surface area contributed by atoms with Gasteiger partial charge >= 0.3 is 5.97 Å². The lowest BCUT2D eigenvalue weighted by Crippen LogP contribution is -2.03. The first-order valence-corrected chi connectivity index (χ1v) is 9.71. The molecular formula is C23H21BrO4. The van der Waals surface area contributed by atoms with Crippen LogP contribution in [-0.4, -0.2) is 18.2 Å². The van der Waals surface area contributed by atoms with Crippen molar-refractivity contribution in [3.05, 3.63) is 93.5 Å². The van der Waals surface area contributed by atoms with E-state index in [1.807, 2.05) is 48.5 Å². The number of carboxylic acids is 1. The average molecular weight is 441 g/mol. The van der Waals surface area contributed by atoms with Gasteiger partial charge in [-0.25, -0.2) is 4.79 Å². The molecule has 0 heterocycles. The molecule has 3 aromatic rings. The molecule has 0 unspecified atom stereocenters. The number of carbonyl (C=O) groups is 1. The fourth-order valence-corrected chi connectivity index (χ4v) is 3.37. The lowest BCUT2D eigenvalue weighted by atomic mass is 10.0. The van der Waals surface area contributed by atoms with Gasteiger partial charge in [-0.15, -0.1) is 0 Å². The Labute approximate surface area is 172 Å². The molecule has 4 nitrogen and oxygen atoms in total. The van der Waals surface area contributed by atoms with E-state index in [9.17, 15) is 9.90 Å². The molecule has 144 valence electrons. The van der Waals surface area contributed by atoms with Crippen molar-refractivity contribution in [3.63, 3.8) is 0 Å². The van der Waals surface area contributed by atoms with Gasteiger partial charge in [0.25, 0.3) is 0 Å². The summed E-state index contributed by atoms with van der Waals surface area (Å²) in [5.74, 6) is 0.230. The van der Waals surface area contributed by atoms with Crippen LogP contribution in [-0.2, 0) is 19.4 Å². The molecule has 0 amide bonds. The minimum atomic E-state index is -0.994. The van der Waals surface area contributed by atoms with Gasteiger partial charge in [-0.3, -0.25) is 0 Å². The Balaban J connectivity index is 1.73. The highest BCUT2D eigenvalue weighted by Gasteiger charge is 2.12. The zero-order chi connectivity index (χ0) is 19.9. The third kappa shape index (κ3) is 5.14. The number of hydrogen-bond acceptors (Lipinski definition) is 3. The summed E-state index contributed by atoms with van der Waals surface area (Å²) in [5, 5.41) is 9.21. The molecule has 0 aliphatic rings. The zero-order valence-corrected chi connectivity index (χ0v) is 17.1. The van der Waals surface area contributed by atoms with Crippen molar-refractivity contribution in [2.45, 2.75) is 19.4 Å². The van der Waals surface area contributed by atoms with E-state index < -0.39 is 5.97 Å². The highest BCUT2D eigenvalue weighted by atomic mass is 79.9. The van der Waals surface area contributed by atoms with E-state index >= 15 is 0 Å². The van der Waals surface area contributed by atoms with Gasteiger partial charge in [-0.05, 0) is 59.9 Å². The number of halogens is 1. The Morgan fingerprint density at radius 3 is 2.43 bits per heavy atom. The number of benzene rings is 3. The minimum Gasteiger partial charge on any atom is -0.496 e. The summed E-state index contributed by atoms with van der Waals surface area (Å²) in [6.07, 6.45) is 1.51. The molecule has 3 aromatic carbocycles. The molecule has 0 saturated carbocycles. The maximum atomic E-state index is 11.2. The van der Waals surface area contributed by atoms with Crippen LogP contribution in [0, 0.1) is 0 Å². The van der Waals surface area contributed by atoms with Gasteiger partial charge in [0.15, 0.2) is 0 Å². The van der Waals surface area contributed by atoms with Crippen LogP contribution in [0.15, 0.2) is 71.2 Å². The first kappa shape index (κ1) is 20.0. The summed E-state index contributed by atoms with van der Waals surface area (Å²) in [6, 6.07) is 21.2. The predicted octanol–water partition coefficient (Wildman–Crippen LogP) is 5.52. The van der Waals surface area contributed by atoms with E-state index in [1.165, 1.54) is 7.11 Å².